The van der Waals surface area contributed by atoms with Crippen LogP contribution in [-0.2, 0) is 13.0 Å². The van der Waals surface area contributed by atoms with E-state index in [0.717, 1.165) is 30.2 Å². The maximum atomic E-state index is 4.46. The van der Waals surface area contributed by atoms with Crippen LogP contribution in [0.15, 0.2) is 30.3 Å². The summed E-state index contributed by atoms with van der Waals surface area (Å²) in [7, 11) is 0. The van der Waals surface area contributed by atoms with Crippen molar-refractivity contribution in [3.05, 3.63) is 58.7 Å². The molecule has 3 heterocycles. The molecule has 1 unspecified atom stereocenters. The summed E-state index contributed by atoms with van der Waals surface area (Å²) in [6.45, 7) is 4.93. The second-order valence-corrected chi connectivity index (χ2v) is 5.64. The van der Waals surface area contributed by atoms with Crippen molar-refractivity contribution in [2.75, 3.05) is 0 Å². The largest absolute Gasteiger partial charge is 0.303 e. The molecule has 21 heavy (non-hydrogen) atoms. The van der Waals surface area contributed by atoms with Crippen molar-refractivity contribution in [2.24, 2.45) is 0 Å². The monoisotopic (exact) mass is 279 g/mol. The normalized spacial score (nSPS) is 17.9. The molecule has 5 nitrogen and oxygen atoms in total. The fourth-order valence-corrected chi connectivity index (χ4v) is 3.12. The van der Waals surface area contributed by atoms with E-state index in [1.165, 1.54) is 11.1 Å². The molecule has 0 bridgehead atoms. The van der Waals surface area contributed by atoms with Crippen LogP contribution in [0.5, 0.6) is 0 Å². The smallest absolute Gasteiger partial charge is 0.255 e. The maximum Gasteiger partial charge on any atom is 0.255 e. The minimum absolute atomic E-state index is 0.179. The van der Waals surface area contributed by atoms with Gasteiger partial charge in [0, 0.05) is 17.9 Å². The van der Waals surface area contributed by atoms with Gasteiger partial charge in [0.25, 0.3) is 5.78 Å². The number of rotatable bonds is 1. The van der Waals surface area contributed by atoms with E-state index in [-0.39, 0.29) is 6.04 Å². The van der Waals surface area contributed by atoms with Crippen molar-refractivity contribution in [3.8, 4) is 0 Å². The molecule has 0 spiro atoms. The molecule has 1 aromatic carbocycles. The molecule has 0 aliphatic carbocycles. The molecule has 5 heteroatoms. The Bertz CT molecular complexity index is 821. The van der Waals surface area contributed by atoms with E-state index in [1.807, 2.05) is 6.92 Å². The lowest BCUT2D eigenvalue weighted by Crippen LogP contribution is -2.30. The first kappa shape index (κ1) is 12.5. The van der Waals surface area contributed by atoms with E-state index >= 15 is 0 Å². The summed E-state index contributed by atoms with van der Waals surface area (Å²) in [5, 5.41) is 12.2. The molecule has 2 aromatic heterocycles. The molecule has 1 aliphatic rings. The standard InChI is InChI=1S/C16H17N5/c1-10-7-11(2)21-15(19-20-16(21)18-10)14-8-12-5-3-4-6-13(12)9-17-14/h3-7,14,17H,8-9H2,1-2H3. The molecule has 0 saturated heterocycles. The molecule has 1 N–H and O–H groups in total. The number of nitrogens with zero attached hydrogens (tertiary/aromatic N) is 4. The number of fused-ring (bicyclic) bond motifs is 2. The van der Waals surface area contributed by atoms with E-state index in [9.17, 15) is 0 Å². The first-order valence-electron chi connectivity index (χ1n) is 7.22. The summed E-state index contributed by atoms with van der Waals surface area (Å²) in [5.74, 6) is 1.63. The Morgan fingerprint density at radius 1 is 1.14 bits per heavy atom. The maximum absolute atomic E-state index is 4.46. The predicted molar refractivity (Wildman–Crippen MR) is 80.0 cm³/mol. The van der Waals surface area contributed by atoms with Gasteiger partial charge in [-0.1, -0.05) is 24.3 Å². The van der Waals surface area contributed by atoms with Gasteiger partial charge in [-0.2, -0.15) is 0 Å². The Morgan fingerprint density at radius 3 is 2.81 bits per heavy atom. The van der Waals surface area contributed by atoms with Gasteiger partial charge < -0.3 is 5.32 Å². The van der Waals surface area contributed by atoms with Crippen molar-refractivity contribution < 1.29 is 0 Å². The van der Waals surface area contributed by atoms with Crippen LogP contribution in [-0.4, -0.2) is 19.6 Å². The summed E-state index contributed by atoms with van der Waals surface area (Å²) in [4.78, 5) is 4.46. The molecule has 1 atom stereocenters. The van der Waals surface area contributed by atoms with Crippen LogP contribution < -0.4 is 5.32 Å². The van der Waals surface area contributed by atoms with Crippen LogP contribution in [0.25, 0.3) is 5.78 Å². The van der Waals surface area contributed by atoms with Crippen LogP contribution in [0.3, 0.4) is 0 Å². The first-order valence-corrected chi connectivity index (χ1v) is 7.22. The fraction of sp³-hybridized carbons (Fsp3) is 0.312. The van der Waals surface area contributed by atoms with Crippen molar-refractivity contribution in [1.29, 1.82) is 0 Å². The molecule has 4 rings (SSSR count). The Morgan fingerprint density at radius 2 is 1.95 bits per heavy atom. The number of aryl methyl sites for hydroxylation is 2. The Hall–Kier alpha value is -2.27. The molecule has 0 amide bonds. The van der Waals surface area contributed by atoms with Crippen LogP contribution in [0, 0.1) is 13.8 Å². The molecular weight excluding hydrogens is 262 g/mol. The van der Waals surface area contributed by atoms with Gasteiger partial charge in [-0.15, -0.1) is 10.2 Å². The van der Waals surface area contributed by atoms with Gasteiger partial charge in [0.15, 0.2) is 5.82 Å². The third-order valence-electron chi connectivity index (χ3n) is 4.11. The molecule has 0 saturated carbocycles. The van der Waals surface area contributed by atoms with Crippen molar-refractivity contribution in [1.82, 2.24) is 24.9 Å². The average molecular weight is 279 g/mol. The molecule has 106 valence electrons. The minimum Gasteiger partial charge on any atom is -0.303 e. The van der Waals surface area contributed by atoms with Crippen LogP contribution in [0.2, 0.25) is 0 Å². The van der Waals surface area contributed by atoms with E-state index < -0.39 is 0 Å². The highest BCUT2D eigenvalue weighted by Crippen LogP contribution is 2.25. The minimum atomic E-state index is 0.179. The highest BCUT2D eigenvalue weighted by molar-refractivity contribution is 5.35. The van der Waals surface area contributed by atoms with Gasteiger partial charge in [-0.05, 0) is 37.5 Å². The number of benzene rings is 1. The second-order valence-electron chi connectivity index (χ2n) is 5.64. The van der Waals surface area contributed by atoms with Crippen LogP contribution >= 0.6 is 0 Å². The van der Waals surface area contributed by atoms with Gasteiger partial charge in [0.1, 0.15) is 0 Å². The second kappa shape index (κ2) is 4.63. The van der Waals surface area contributed by atoms with Crippen LogP contribution in [0.1, 0.15) is 34.4 Å². The third-order valence-corrected chi connectivity index (χ3v) is 4.11. The summed E-state index contributed by atoms with van der Waals surface area (Å²) in [5.41, 5.74) is 4.85. The molecule has 0 fully saturated rings. The molecule has 0 radical (unpaired) electrons. The van der Waals surface area contributed by atoms with Gasteiger partial charge in [-0.3, -0.25) is 4.40 Å². The lowest BCUT2D eigenvalue weighted by molar-refractivity contribution is 0.472. The van der Waals surface area contributed by atoms with E-state index in [2.05, 4.69) is 62.2 Å². The van der Waals surface area contributed by atoms with Gasteiger partial charge in [0.05, 0.1) is 6.04 Å². The van der Waals surface area contributed by atoms with Crippen molar-refractivity contribution in [2.45, 2.75) is 32.9 Å². The average Bonchev–Trinajstić information content (AvgIpc) is 2.90. The van der Waals surface area contributed by atoms with Gasteiger partial charge in [0.2, 0.25) is 0 Å². The van der Waals surface area contributed by atoms with E-state index in [0.29, 0.717) is 5.78 Å². The zero-order valence-corrected chi connectivity index (χ0v) is 12.2. The third kappa shape index (κ3) is 2.01. The molecule has 3 aromatic rings. The lowest BCUT2D eigenvalue weighted by atomic mass is 9.95. The van der Waals surface area contributed by atoms with Gasteiger partial charge >= 0.3 is 0 Å². The number of hydrogen-bond donors (Lipinski definition) is 1. The number of nitrogens with one attached hydrogen (secondary N) is 1. The highest BCUT2D eigenvalue weighted by atomic mass is 15.3. The molecule has 1 aliphatic heterocycles. The quantitative estimate of drug-likeness (QED) is 0.741. The zero-order chi connectivity index (χ0) is 14.4. The fourth-order valence-electron chi connectivity index (χ4n) is 3.12. The first-order chi connectivity index (χ1) is 10.2. The number of aromatic nitrogens is 4. The van der Waals surface area contributed by atoms with E-state index in [1.54, 1.807) is 0 Å². The summed E-state index contributed by atoms with van der Waals surface area (Å²) in [6, 6.07) is 10.8. The zero-order valence-electron chi connectivity index (χ0n) is 12.2. The van der Waals surface area contributed by atoms with Crippen molar-refractivity contribution in [3.63, 3.8) is 0 Å². The lowest BCUT2D eigenvalue weighted by Gasteiger charge is -2.25. The Labute approximate surface area is 123 Å². The Balaban J connectivity index is 1.78. The number of hydrogen-bond acceptors (Lipinski definition) is 4. The SMILES string of the molecule is Cc1cc(C)n2c(C3Cc4ccccc4CN3)nnc2n1. The topological polar surface area (TPSA) is 55.1 Å². The predicted octanol–water partition coefficient (Wildman–Crippen LogP) is 2.13. The van der Waals surface area contributed by atoms with Crippen molar-refractivity contribution >= 4 is 5.78 Å². The summed E-state index contributed by atoms with van der Waals surface area (Å²) >= 11 is 0. The molecular formula is C16H17N5. The highest BCUT2D eigenvalue weighted by Gasteiger charge is 2.24. The summed E-state index contributed by atoms with van der Waals surface area (Å²) < 4.78 is 2.05. The van der Waals surface area contributed by atoms with Crippen LogP contribution in [0.4, 0.5) is 0 Å². The Kier molecular flexibility index (Phi) is 2.75. The summed E-state index contributed by atoms with van der Waals surface area (Å²) in [6.07, 6.45) is 0.935. The van der Waals surface area contributed by atoms with E-state index in [4.69, 9.17) is 0 Å². The van der Waals surface area contributed by atoms with Gasteiger partial charge in [-0.25, -0.2) is 4.98 Å².